The number of H-pyrrole nitrogens is 1. The predicted molar refractivity (Wildman–Crippen MR) is 67.2 cm³/mol. The summed E-state index contributed by atoms with van der Waals surface area (Å²) in [4.78, 5) is 14.1. The van der Waals surface area contributed by atoms with Crippen molar-refractivity contribution in [3.05, 3.63) is 11.9 Å². The van der Waals surface area contributed by atoms with Gasteiger partial charge in [0.2, 0.25) is 0 Å². The van der Waals surface area contributed by atoms with E-state index in [4.69, 9.17) is 10.5 Å². The average Bonchev–Trinajstić information content (AvgIpc) is 2.76. The van der Waals surface area contributed by atoms with Gasteiger partial charge in [0.1, 0.15) is 5.69 Å². The number of carbonyl (C=O) groups is 1. The third kappa shape index (κ3) is 3.21. The highest BCUT2D eigenvalue weighted by Gasteiger charge is 2.17. The molecule has 2 rings (SSSR count). The molecule has 0 aromatic carbocycles. The molecule has 1 atom stereocenters. The second kappa shape index (κ2) is 5.83. The maximum atomic E-state index is 11.9. The number of hydrogen-bond acceptors (Lipinski definition) is 5. The average molecular weight is 253 g/mol. The highest BCUT2D eigenvalue weighted by Crippen LogP contribution is 2.06. The predicted octanol–water partition coefficient (Wildman–Crippen LogP) is -0.558. The Labute approximate surface area is 106 Å². The van der Waals surface area contributed by atoms with E-state index in [-0.39, 0.29) is 11.9 Å². The van der Waals surface area contributed by atoms with Gasteiger partial charge in [0, 0.05) is 25.7 Å². The minimum atomic E-state index is -0.217. The SMILES string of the molecule is CC(CN1CCOCC1)NC(=O)c1[nH]ncc1N. The van der Waals surface area contributed by atoms with Gasteiger partial charge in [-0.2, -0.15) is 5.10 Å². The van der Waals surface area contributed by atoms with Gasteiger partial charge >= 0.3 is 0 Å². The largest absolute Gasteiger partial charge is 0.396 e. The molecule has 7 nitrogen and oxygen atoms in total. The third-order valence-corrected chi connectivity index (χ3v) is 2.91. The Kier molecular flexibility index (Phi) is 4.16. The first-order valence-corrected chi connectivity index (χ1v) is 6.06. The second-order valence-corrected chi connectivity index (χ2v) is 4.49. The molecule has 100 valence electrons. The lowest BCUT2D eigenvalue weighted by Crippen LogP contribution is -2.46. The van der Waals surface area contributed by atoms with E-state index >= 15 is 0 Å². The number of morpholine rings is 1. The van der Waals surface area contributed by atoms with Crippen molar-refractivity contribution in [1.29, 1.82) is 0 Å². The third-order valence-electron chi connectivity index (χ3n) is 2.91. The highest BCUT2D eigenvalue weighted by atomic mass is 16.5. The van der Waals surface area contributed by atoms with Crippen molar-refractivity contribution < 1.29 is 9.53 Å². The maximum absolute atomic E-state index is 11.9. The van der Waals surface area contributed by atoms with Crippen LogP contribution in [0.2, 0.25) is 0 Å². The van der Waals surface area contributed by atoms with Crippen LogP contribution in [0.25, 0.3) is 0 Å². The number of nitrogens with one attached hydrogen (secondary N) is 2. The molecule has 1 saturated heterocycles. The van der Waals surface area contributed by atoms with Crippen LogP contribution in [0.1, 0.15) is 17.4 Å². The summed E-state index contributed by atoms with van der Waals surface area (Å²) in [5, 5.41) is 9.22. The number of anilines is 1. The van der Waals surface area contributed by atoms with Crippen LogP contribution in [-0.2, 0) is 4.74 Å². The summed E-state index contributed by atoms with van der Waals surface area (Å²) in [5.74, 6) is -0.217. The first-order valence-electron chi connectivity index (χ1n) is 6.06. The van der Waals surface area contributed by atoms with Crippen LogP contribution in [0.4, 0.5) is 5.69 Å². The maximum Gasteiger partial charge on any atom is 0.271 e. The lowest BCUT2D eigenvalue weighted by molar-refractivity contribution is 0.0342. The van der Waals surface area contributed by atoms with Gasteiger partial charge in [-0.25, -0.2) is 0 Å². The van der Waals surface area contributed by atoms with Gasteiger partial charge in [0.25, 0.3) is 5.91 Å². The van der Waals surface area contributed by atoms with Crippen molar-refractivity contribution in [3.8, 4) is 0 Å². The van der Waals surface area contributed by atoms with Crippen molar-refractivity contribution in [2.45, 2.75) is 13.0 Å². The van der Waals surface area contributed by atoms with E-state index in [1.165, 1.54) is 6.20 Å². The topological polar surface area (TPSA) is 96.3 Å². The van der Waals surface area contributed by atoms with Gasteiger partial charge in [0.05, 0.1) is 25.1 Å². The van der Waals surface area contributed by atoms with Crippen LogP contribution in [0.5, 0.6) is 0 Å². The molecule has 1 unspecified atom stereocenters. The number of ether oxygens (including phenoxy) is 1. The zero-order chi connectivity index (χ0) is 13.0. The molecule has 0 bridgehead atoms. The lowest BCUT2D eigenvalue weighted by atomic mass is 10.2. The molecular formula is C11H19N5O2. The molecule has 18 heavy (non-hydrogen) atoms. The monoisotopic (exact) mass is 253 g/mol. The number of amides is 1. The number of hydrogen-bond donors (Lipinski definition) is 3. The molecule has 1 aliphatic rings. The smallest absolute Gasteiger partial charge is 0.271 e. The van der Waals surface area contributed by atoms with E-state index in [0.717, 1.165) is 32.8 Å². The van der Waals surface area contributed by atoms with E-state index in [0.29, 0.717) is 11.4 Å². The molecule has 0 radical (unpaired) electrons. The number of nitrogens with zero attached hydrogens (tertiary/aromatic N) is 2. The minimum Gasteiger partial charge on any atom is -0.396 e. The Morgan fingerprint density at radius 2 is 2.39 bits per heavy atom. The van der Waals surface area contributed by atoms with Gasteiger partial charge in [-0.1, -0.05) is 0 Å². The molecule has 1 fully saturated rings. The number of nitrogen functional groups attached to an aromatic ring is 1. The Morgan fingerprint density at radius 1 is 1.67 bits per heavy atom. The first-order chi connectivity index (χ1) is 8.66. The quantitative estimate of drug-likeness (QED) is 0.668. The van der Waals surface area contributed by atoms with Crippen LogP contribution in [-0.4, -0.2) is 59.9 Å². The molecule has 7 heteroatoms. The highest BCUT2D eigenvalue weighted by molar-refractivity contribution is 5.97. The summed E-state index contributed by atoms with van der Waals surface area (Å²) < 4.78 is 5.28. The van der Waals surface area contributed by atoms with Crippen molar-refractivity contribution in [2.75, 3.05) is 38.6 Å². The van der Waals surface area contributed by atoms with Gasteiger partial charge in [-0.05, 0) is 6.92 Å². The standard InChI is InChI=1S/C11H19N5O2/c1-8(7-16-2-4-18-5-3-16)14-11(17)10-9(12)6-13-15-10/h6,8H,2-5,7,12H2,1H3,(H,13,15)(H,14,17). The molecule has 1 amide bonds. The summed E-state index contributed by atoms with van der Waals surface area (Å²) in [6.45, 7) is 6.12. The summed E-state index contributed by atoms with van der Waals surface area (Å²) in [7, 11) is 0. The molecule has 1 aromatic heterocycles. The van der Waals surface area contributed by atoms with Crippen molar-refractivity contribution in [1.82, 2.24) is 20.4 Å². The molecule has 0 saturated carbocycles. The summed E-state index contributed by atoms with van der Waals surface area (Å²) >= 11 is 0. The summed E-state index contributed by atoms with van der Waals surface area (Å²) in [6, 6.07) is 0.0540. The lowest BCUT2D eigenvalue weighted by Gasteiger charge is -2.29. The van der Waals surface area contributed by atoms with Gasteiger partial charge in [0.15, 0.2) is 0 Å². The van der Waals surface area contributed by atoms with Crippen LogP contribution >= 0.6 is 0 Å². The van der Waals surface area contributed by atoms with Crippen LogP contribution in [0.15, 0.2) is 6.20 Å². The fourth-order valence-corrected chi connectivity index (χ4v) is 1.99. The molecular weight excluding hydrogens is 234 g/mol. The minimum absolute atomic E-state index is 0.0540. The van der Waals surface area contributed by atoms with Crippen LogP contribution < -0.4 is 11.1 Å². The molecule has 1 aromatic rings. The van der Waals surface area contributed by atoms with E-state index in [9.17, 15) is 4.79 Å². The normalized spacial score (nSPS) is 18.5. The Morgan fingerprint density at radius 3 is 3.00 bits per heavy atom. The Balaban J connectivity index is 1.81. The van der Waals surface area contributed by atoms with Crippen LogP contribution in [0, 0.1) is 0 Å². The van der Waals surface area contributed by atoms with Crippen molar-refractivity contribution in [2.24, 2.45) is 0 Å². The molecule has 0 aliphatic carbocycles. The van der Waals surface area contributed by atoms with Crippen LogP contribution in [0.3, 0.4) is 0 Å². The Bertz CT molecular complexity index is 400. The van der Waals surface area contributed by atoms with E-state index in [2.05, 4.69) is 20.4 Å². The van der Waals surface area contributed by atoms with Crippen molar-refractivity contribution >= 4 is 11.6 Å². The second-order valence-electron chi connectivity index (χ2n) is 4.49. The molecule has 0 spiro atoms. The van der Waals surface area contributed by atoms with Gasteiger partial charge in [-0.15, -0.1) is 0 Å². The number of carbonyl (C=O) groups excluding carboxylic acids is 1. The zero-order valence-electron chi connectivity index (χ0n) is 10.5. The zero-order valence-corrected chi connectivity index (χ0v) is 10.5. The van der Waals surface area contributed by atoms with E-state index in [1.807, 2.05) is 6.92 Å². The number of nitrogens with two attached hydrogens (primary N) is 1. The van der Waals surface area contributed by atoms with Gasteiger partial charge < -0.3 is 15.8 Å². The fraction of sp³-hybridized carbons (Fsp3) is 0.636. The number of aromatic amines is 1. The van der Waals surface area contributed by atoms with E-state index < -0.39 is 0 Å². The van der Waals surface area contributed by atoms with Crippen molar-refractivity contribution in [3.63, 3.8) is 0 Å². The van der Waals surface area contributed by atoms with Gasteiger partial charge in [-0.3, -0.25) is 14.8 Å². The number of aromatic nitrogens is 2. The summed E-state index contributed by atoms with van der Waals surface area (Å²) in [6.07, 6.45) is 1.43. The summed E-state index contributed by atoms with van der Waals surface area (Å²) in [5.41, 5.74) is 6.31. The molecule has 4 N–H and O–H groups in total. The molecule has 2 heterocycles. The Hall–Kier alpha value is -1.60. The molecule has 1 aliphatic heterocycles. The number of rotatable bonds is 4. The van der Waals surface area contributed by atoms with E-state index in [1.54, 1.807) is 0 Å². The first kappa shape index (κ1) is 12.8. The fourth-order valence-electron chi connectivity index (χ4n) is 1.99.